The van der Waals surface area contributed by atoms with Gasteiger partial charge in [0.25, 0.3) is 22.7 Å². The van der Waals surface area contributed by atoms with Gasteiger partial charge in [-0.15, -0.1) is 0 Å². The van der Waals surface area contributed by atoms with Crippen molar-refractivity contribution in [1.29, 1.82) is 5.26 Å². The molecule has 0 saturated carbocycles. The van der Waals surface area contributed by atoms with Crippen molar-refractivity contribution in [2.45, 2.75) is 0 Å². The molecule has 2 aromatic rings. The summed E-state index contributed by atoms with van der Waals surface area (Å²) >= 11 is 6.49. The van der Waals surface area contributed by atoms with Gasteiger partial charge in [0.15, 0.2) is 0 Å². The molecule has 1 N–H and O–H groups in total. The molecular weight excluding hydrogens is 444 g/mol. The van der Waals surface area contributed by atoms with Gasteiger partial charge in [-0.2, -0.15) is 5.26 Å². The number of nitrogens with one attached hydrogen (secondary N) is 1. The molecule has 11 heteroatoms. The van der Waals surface area contributed by atoms with Gasteiger partial charge in [-0.1, -0.05) is 17.7 Å². The summed E-state index contributed by atoms with van der Waals surface area (Å²) in [4.78, 5) is 48.3. The van der Waals surface area contributed by atoms with Gasteiger partial charge in [0.05, 0.1) is 21.5 Å². The Hall–Kier alpha value is -3.68. The lowest BCUT2D eigenvalue weighted by Crippen LogP contribution is -2.37. The smallest absolute Gasteiger partial charge is 0.293 e. The Labute approximate surface area is 185 Å². The third-order valence-electron chi connectivity index (χ3n) is 4.24. The van der Waals surface area contributed by atoms with Crippen LogP contribution in [0.5, 0.6) is 0 Å². The monoisotopic (exact) mass is 456 g/mol. The van der Waals surface area contributed by atoms with E-state index in [2.05, 4.69) is 5.32 Å². The maximum absolute atomic E-state index is 12.5. The van der Waals surface area contributed by atoms with Crippen LogP contribution in [0.15, 0.2) is 47.4 Å². The van der Waals surface area contributed by atoms with Crippen molar-refractivity contribution >= 4 is 52.2 Å². The molecule has 0 bridgehead atoms. The van der Waals surface area contributed by atoms with Gasteiger partial charge in [0.2, 0.25) is 0 Å². The van der Waals surface area contributed by atoms with Gasteiger partial charge in [0.1, 0.15) is 5.02 Å². The van der Waals surface area contributed by atoms with Crippen LogP contribution in [0.2, 0.25) is 5.02 Å². The molecule has 1 heterocycles. The number of nitriles is 1. The second-order valence-corrected chi connectivity index (χ2v) is 7.65. The Morgan fingerprint density at radius 1 is 1.26 bits per heavy atom. The van der Waals surface area contributed by atoms with Gasteiger partial charge in [-0.05, 0) is 53.7 Å². The van der Waals surface area contributed by atoms with Crippen LogP contribution in [-0.2, 0) is 4.79 Å². The maximum Gasteiger partial charge on any atom is 0.293 e. The van der Waals surface area contributed by atoms with E-state index in [-0.39, 0.29) is 28.7 Å². The summed E-state index contributed by atoms with van der Waals surface area (Å²) in [6.45, 7) is 0.00135. The van der Waals surface area contributed by atoms with Gasteiger partial charge >= 0.3 is 0 Å². The van der Waals surface area contributed by atoms with Crippen molar-refractivity contribution in [3.63, 3.8) is 0 Å². The normalized spacial score (nSPS) is 14.6. The van der Waals surface area contributed by atoms with Crippen molar-refractivity contribution < 1.29 is 19.3 Å². The number of benzene rings is 2. The Balaban J connectivity index is 1.63. The number of rotatable bonds is 6. The zero-order valence-corrected chi connectivity index (χ0v) is 17.3. The fourth-order valence-electron chi connectivity index (χ4n) is 2.68. The van der Waals surface area contributed by atoms with Crippen LogP contribution in [0.1, 0.15) is 21.5 Å². The van der Waals surface area contributed by atoms with E-state index in [0.717, 1.165) is 4.90 Å². The average molecular weight is 457 g/mol. The first-order valence-corrected chi connectivity index (χ1v) is 9.97. The molecule has 2 aromatic carbocycles. The summed E-state index contributed by atoms with van der Waals surface area (Å²) in [5.74, 6) is -0.958. The molecule has 0 spiro atoms. The minimum atomic E-state index is -0.637. The molecule has 1 fully saturated rings. The van der Waals surface area contributed by atoms with Gasteiger partial charge < -0.3 is 5.32 Å². The van der Waals surface area contributed by atoms with E-state index in [9.17, 15) is 24.5 Å². The van der Waals surface area contributed by atoms with E-state index in [0.29, 0.717) is 28.5 Å². The molecule has 1 aliphatic rings. The number of carbonyl (C=O) groups excluding carboxylic acids is 3. The number of nitro benzene ring substituents is 1. The highest BCUT2D eigenvalue weighted by Gasteiger charge is 2.34. The molecule has 0 aromatic heterocycles. The number of nitro groups is 1. The molecule has 0 radical (unpaired) electrons. The van der Waals surface area contributed by atoms with Crippen LogP contribution < -0.4 is 5.32 Å². The minimum absolute atomic E-state index is 0.0340. The fraction of sp³-hybridized carbons (Fsp3) is 0.100. The van der Waals surface area contributed by atoms with Crippen molar-refractivity contribution in [3.05, 3.63) is 79.2 Å². The molecule has 156 valence electrons. The highest BCUT2D eigenvalue weighted by molar-refractivity contribution is 8.18. The molecular formula is C20H13ClN4O5S. The second-order valence-electron chi connectivity index (χ2n) is 6.25. The number of halogens is 1. The summed E-state index contributed by atoms with van der Waals surface area (Å²) in [6, 6.07) is 12.0. The SMILES string of the molecule is N#Cc1ccc(C(=O)NCCN2C(=O)S/C(=C\c3ccc(Cl)c([N+](=O)[O-])c3)C2=O)cc1. The first kappa shape index (κ1) is 22.0. The lowest BCUT2D eigenvalue weighted by molar-refractivity contribution is -0.384. The zero-order valence-electron chi connectivity index (χ0n) is 15.7. The second kappa shape index (κ2) is 9.42. The number of amides is 3. The van der Waals surface area contributed by atoms with Crippen molar-refractivity contribution in [3.8, 4) is 6.07 Å². The summed E-state index contributed by atoms with van der Waals surface area (Å²) < 4.78 is 0. The molecule has 0 unspecified atom stereocenters. The van der Waals surface area contributed by atoms with E-state index in [4.69, 9.17) is 16.9 Å². The zero-order chi connectivity index (χ0) is 22.5. The van der Waals surface area contributed by atoms with Crippen LogP contribution in [0.25, 0.3) is 6.08 Å². The summed E-state index contributed by atoms with van der Waals surface area (Å²) in [5, 5.41) is 21.9. The van der Waals surface area contributed by atoms with Crippen LogP contribution in [0.3, 0.4) is 0 Å². The Bertz CT molecular complexity index is 1160. The topological polar surface area (TPSA) is 133 Å². The molecule has 3 amide bonds. The summed E-state index contributed by atoms with van der Waals surface area (Å²) in [5.41, 5.74) is 0.820. The Morgan fingerprint density at radius 2 is 1.97 bits per heavy atom. The number of nitrogens with zero attached hydrogens (tertiary/aromatic N) is 3. The number of hydrogen-bond acceptors (Lipinski definition) is 7. The molecule has 1 saturated heterocycles. The summed E-state index contributed by atoms with van der Waals surface area (Å²) in [7, 11) is 0. The quantitative estimate of drug-likeness (QED) is 0.398. The Kier molecular flexibility index (Phi) is 6.69. The molecule has 31 heavy (non-hydrogen) atoms. The number of hydrogen-bond donors (Lipinski definition) is 1. The maximum atomic E-state index is 12.5. The predicted octanol–water partition coefficient (Wildman–Crippen LogP) is 3.59. The number of thioether (sulfide) groups is 1. The summed E-state index contributed by atoms with van der Waals surface area (Å²) in [6.07, 6.45) is 1.38. The highest BCUT2D eigenvalue weighted by Crippen LogP contribution is 2.33. The standard InChI is InChI=1S/C20H13ClN4O5S/c21-15-6-3-13(9-16(15)25(29)30)10-17-19(27)24(20(28)31-17)8-7-23-18(26)14-4-1-12(11-22)2-5-14/h1-6,9-10H,7-8H2,(H,23,26)/b17-10-. The van der Waals surface area contributed by atoms with Crippen molar-refractivity contribution in [2.75, 3.05) is 13.1 Å². The number of carbonyl (C=O) groups is 3. The van der Waals surface area contributed by atoms with E-state index < -0.39 is 22.0 Å². The first-order chi connectivity index (χ1) is 14.8. The van der Waals surface area contributed by atoms with Gasteiger partial charge in [-0.3, -0.25) is 29.4 Å². The lowest BCUT2D eigenvalue weighted by atomic mass is 10.1. The molecule has 9 nitrogen and oxygen atoms in total. The minimum Gasteiger partial charge on any atom is -0.350 e. The van der Waals surface area contributed by atoms with Gasteiger partial charge in [0, 0.05) is 24.7 Å². The highest BCUT2D eigenvalue weighted by atomic mass is 35.5. The molecule has 0 atom stereocenters. The predicted molar refractivity (Wildman–Crippen MR) is 114 cm³/mol. The van der Waals surface area contributed by atoms with E-state index >= 15 is 0 Å². The molecule has 3 rings (SSSR count). The fourth-order valence-corrected chi connectivity index (χ4v) is 3.73. The van der Waals surface area contributed by atoms with Crippen molar-refractivity contribution in [2.24, 2.45) is 0 Å². The van der Waals surface area contributed by atoms with Crippen LogP contribution in [0, 0.1) is 21.4 Å². The van der Waals surface area contributed by atoms with Crippen molar-refractivity contribution in [1.82, 2.24) is 10.2 Å². The lowest BCUT2D eigenvalue weighted by Gasteiger charge is -2.13. The molecule has 1 aliphatic heterocycles. The van der Waals surface area contributed by atoms with E-state index in [1.54, 1.807) is 0 Å². The van der Waals surface area contributed by atoms with E-state index in [1.807, 2.05) is 6.07 Å². The number of imide groups is 1. The van der Waals surface area contributed by atoms with E-state index in [1.165, 1.54) is 48.5 Å². The Morgan fingerprint density at radius 3 is 2.61 bits per heavy atom. The third-order valence-corrected chi connectivity index (χ3v) is 5.46. The van der Waals surface area contributed by atoms with Gasteiger partial charge in [-0.25, -0.2) is 0 Å². The van der Waals surface area contributed by atoms with Crippen LogP contribution in [-0.4, -0.2) is 40.0 Å². The van der Waals surface area contributed by atoms with Crippen LogP contribution in [0.4, 0.5) is 10.5 Å². The molecule has 0 aliphatic carbocycles. The average Bonchev–Trinajstić information content (AvgIpc) is 3.02. The van der Waals surface area contributed by atoms with Crippen LogP contribution >= 0.6 is 23.4 Å². The first-order valence-electron chi connectivity index (χ1n) is 8.78. The third kappa shape index (κ3) is 5.09. The largest absolute Gasteiger partial charge is 0.350 e.